The van der Waals surface area contributed by atoms with Crippen molar-refractivity contribution in [2.45, 2.75) is 166 Å². The van der Waals surface area contributed by atoms with Gasteiger partial charge in [0.15, 0.2) is 18.9 Å². The molecule has 332 valence electrons. The summed E-state index contributed by atoms with van der Waals surface area (Å²) in [4.78, 5) is 15.6. The first kappa shape index (κ1) is 48.2. The number of carbonyl (C=O) groups is 1. The van der Waals surface area contributed by atoms with Crippen molar-refractivity contribution >= 4 is 5.97 Å². The number of nitrogens with zero attached hydrogens (tertiary/aromatic N) is 1. The molecule has 4 heterocycles. The molecule has 16 nitrogen and oxygen atoms in total. The van der Waals surface area contributed by atoms with Gasteiger partial charge in [-0.15, -0.1) is 0 Å². The van der Waals surface area contributed by atoms with Gasteiger partial charge < -0.3 is 72.7 Å². The molecule has 0 radical (unpaired) electrons. The SMILES string of the molecule is CC[C@H]1OC(=O)C[C@@H](O)[C@H](C)[C@@H](O[C@@H]2O[C@H](C)[C@@H](O)[C@H](N(C)C)[C@H]2O)[C@@H](CC(OC)OC)C[C@@H](C)C2=CCC(C)C(O2)[C@@H]1CO[C@@H]1O[C@H](C)[C@@H](O)[C@@H](OC)[C@H]1OC. The van der Waals surface area contributed by atoms with E-state index in [1.165, 1.54) is 14.2 Å². The highest BCUT2D eigenvalue weighted by molar-refractivity contribution is 5.70. The number of aliphatic hydroxyl groups is 4. The van der Waals surface area contributed by atoms with Gasteiger partial charge in [-0.3, -0.25) is 4.79 Å². The van der Waals surface area contributed by atoms with Crippen molar-refractivity contribution < 1.29 is 72.6 Å². The molecule has 3 fully saturated rings. The summed E-state index contributed by atoms with van der Waals surface area (Å²) in [6.45, 7) is 11.5. The van der Waals surface area contributed by atoms with E-state index in [0.717, 1.165) is 5.76 Å². The van der Waals surface area contributed by atoms with Crippen molar-refractivity contribution in [2.24, 2.45) is 29.6 Å². The number of esters is 1. The fourth-order valence-corrected chi connectivity index (χ4v) is 9.14. The van der Waals surface area contributed by atoms with E-state index in [-0.39, 0.29) is 30.8 Å². The zero-order chi connectivity index (χ0) is 42.3. The van der Waals surface area contributed by atoms with Crippen LogP contribution in [0.2, 0.25) is 0 Å². The van der Waals surface area contributed by atoms with E-state index >= 15 is 0 Å². The van der Waals surface area contributed by atoms with Crippen LogP contribution in [0.25, 0.3) is 0 Å². The minimum absolute atomic E-state index is 0.0175. The first-order valence-corrected chi connectivity index (χ1v) is 20.6. The lowest BCUT2D eigenvalue weighted by molar-refractivity contribution is -0.307. The Kier molecular flexibility index (Phi) is 18.5. The van der Waals surface area contributed by atoms with Crippen LogP contribution in [0.15, 0.2) is 11.8 Å². The number of methoxy groups -OCH3 is 4. The maximum Gasteiger partial charge on any atom is 0.308 e. The highest BCUT2D eigenvalue weighted by Crippen LogP contribution is 2.41. The average Bonchev–Trinajstić information content (AvgIpc) is 3.17. The predicted molar refractivity (Wildman–Crippen MR) is 206 cm³/mol. The number of ether oxygens (including phenoxy) is 10. The summed E-state index contributed by atoms with van der Waals surface area (Å²) in [5, 5.41) is 45.0. The summed E-state index contributed by atoms with van der Waals surface area (Å²) >= 11 is 0. The second-order valence-corrected chi connectivity index (χ2v) is 16.8. The molecule has 19 atom stereocenters. The Bertz CT molecular complexity index is 1250. The second-order valence-electron chi connectivity index (χ2n) is 16.8. The lowest BCUT2D eigenvalue weighted by Gasteiger charge is -2.47. The van der Waals surface area contributed by atoms with E-state index in [0.29, 0.717) is 25.7 Å². The number of hydrogen-bond donors (Lipinski definition) is 4. The number of hydrogen-bond acceptors (Lipinski definition) is 16. The minimum Gasteiger partial charge on any atom is -0.494 e. The smallest absolute Gasteiger partial charge is 0.308 e. The lowest BCUT2D eigenvalue weighted by Crippen LogP contribution is -2.63. The summed E-state index contributed by atoms with van der Waals surface area (Å²) in [5.41, 5.74) is 0. The van der Waals surface area contributed by atoms with Gasteiger partial charge in [-0.1, -0.05) is 27.7 Å². The molecule has 16 heteroatoms. The van der Waals surface area contributed by atoms with E-state index in [4.69, 9.17) is 47.4 Å². The molecule has 2 bridgehead atoms. The van der Waals surface area contributed by atoms with Gasteiger partial charge in [0, 0.05) is 46.7 Å². The third-order valence-corrected chi connectivity index (χ3v) is 12.7. The highest BCUT2D eigenvalue weighted by Gasteiger charge is 2.49. The van der Waals surface area contributed by atoms with Gasteiger partial charge in [-0.25, -0.2) is 0 Å². The summed E-state index contributed by atoms with van der Waals surface area (Å²) in [6, 6.07) is -0.681. The first-order chi connectivity index (χ1) is 27.0. The molecular formula is C41H73NO15. The molecule has 0 amide bonds. The Hall–Kier alpha value is -1.51. The summed E-state index contributed by atoms with van der Waals surface area (Å²) in [5.74, 6) is -1.45. The fraction of sp³-hybridized carbons (Fsp3) is 0.927. The van der Waals surface area contributed by atoms with Crippen molar-refractivity contribution in [3.8, 4) is 0 Å². The molecule has 0 aromatic heterocycles. The normalized spacial score (nSPS) is 43.9. The molecular weight excluding hydrogens is 746 g/mol. The number of aliphatic hydroxyl groups excluding tert-OH is 4. The Morgan fingerprint density at radius 3 is 2.07 bits per heavy atom. The Labute approximate surface area is 339 Å². The summed E-state index contributed by atoms with van der Waals surface area (Å²) in [6.07, 6.45) is -7.75. The molecule has 4 aliphatic heterocycles. The molecule has 0 aromatic rings. The predicted octanol–water partition coefficient (Wildman–Crippen LogP) is 2.22. The van der Waals surface area contributed by atoms with Crippen LogP contribution in [-0.2, 0) is 52.2 Å². The number of fused-ring (bicyclic) bond motifs is 2. The quantitative estimate of drug-likeness (QED) is 0.156. The van der Waals surface area contributed by atoms with Gasteiger partial charge in [0.05, 0.1) is 61.3 Å². The van der Waals surface area contributed by atoms with Gasteiger partial charge in [0.2, 0.25) is 0 Å². The Morgan fingerprint density at radius 1 is 0.842 bits per heavy atom. The maximum atomic E-state index is 13.9. The number of cyclic esters (lactones) is 1. The van der Waals surface area contributed by atoms with Crippen LogP contribution in [0.5, 0.6) is 0 Å². The van der Waals surface area contributed by atoms with Crippen LogP contribution < -0.4 is 0 Å². The van der Waals surface area contributed by atoms with Crippen molar-refractivity contribution in [3.63, 3.8) is 0 Å². The van der Waals surface area contributed by atoms with Crippen molar-refractivity contribution in [2.75, 3.05) is 49.1 Å². The van der Waals surface area contributed by atoms with Gasteiger partial charge in [-0.05, 0) is 65.1 Å². The van der Waals surface area contributed by atoms with E-state index in [9.17, 15) is 25.2 Å². The van der Waals surface area contributed by atoms with Crippen molar-refractivity contribution in [1.82, 2.24) is 4.90 Å². The molecule has 0 saturated carbocycles. The van der Waals surface area contributed by atoms with Crippen molar-refractivity contribution in [3.05, 3.63) is 11.8 Å². The lowest BCUT2D eigenvalue weighted by atomic mass is 9.78. The monoisotopic (exact) mass is 819 g/mol. The third kappa shape index (κ3) is 11.5. The summed E-state index contributed by atoms with van der Waals surface area (Å²) < 4.78 is 61.2. The Balaban J connectivity index is 1.71. The van der Waals surface area contributed by atoms with Crippen LogP contribution >= 0.6 is 0 Å². The minimum atomic E-state index is -1.23. The molecule has 4 aliphatic rings. The number of likely N-dealkylation sites (N-methyl/N-ethyl adjacent to an activating group) is 1. The molecule has 3 saturated heterocycles. The Morgan fingerprint density at radius 2 is 1.47 bits per heavy atom. The van der Waals surface area contributed by atoms with Gasteiger partial charge >= 0.3 is 5.97 Å². The van der Waals surface area contributed by atoms with Gasteiger partial charge in [0.25, 0.3) is 0 Å². The van der Waals surface area contributed by atoms with E-state index in [2.05, 4.69) is 19.9 Å². The van der Waals surface area contributed by atoms with E-state index < -0.39 is 110 Å². The highest BCUT2D eigenvalue weighted by atomic mass is 16.7. The topological polar surface area (TPSA) is 194 Å². The molecule has 57 heavy (non-hydrogen) atoms. The molecule has 0 spiro atoms. The van der Waals surface area contributed by atoms with Crippen LogP contribution in [0.3, 0.4) is 0 Å². The zero-order valence-electron chi connectivity index (χ0n) is 36.1. The molecule has 4 rings (SSSR count). The molecule has 0 aliphatic carbocycles. The molecule has 4 N–H and O–H groups in total. The number of carbonyl (C=O) groups excluding carboxylic acids is 1. The third-order valence-electron chi connectivity index (χ3n) is 12.7. The molecule has 2 unspecified atom stereocenters. The summed E-state index contributed by atoms with van der Waals surface area (Å²) in [7, 11) is 9.66. The zero-order valence-corrected chi connectivity index (χ0v) is 36.1. The molecule has 0 aromatic carbocycles. The van der Waals surface area contributed by atoms with Gasteiger partial charge in [-0.2, -0.15) is 0 Å². The standard InChI is InChI=1S/C41H73NO15/c1-13-28-26(19-52-41-39(51-12)38(50-11)34(46)24(6)54-41)36-20(2)14-15-29(56-36)21(3)16-25(17-31(48-9)49-10)37(22(4)27(43)18-30(44)55-28)57-40-35(47)32(42(7)8)33(45)23(5)53-40/h15,20-28,31-41,43,45-47H,13-14,16-19H2,1-12H3/t20?,21-,22+,23-,24-,25-,26-,27-,28-,32+,33-,34-,35-,36?,37-,38-,39-,40+,41-/m1/s1. The first-order valence-electron chi connectivity index (χ1n) is 20.6. The largest absolute Gasteiger partial charge is 0.494 e. The van der Waals surface area contributed by atoms with Crippen LogP contribution in [0.4, 0.5) is 0 Å². The van der Waals surface area contributed by atoms with Gasteiger partial charge in [0.1, 0.15) is 36.6 Å². The number of rotatable bonds is 13. The second kappa shape index (κ2) is 21.8. The number of allylic oxidation sites excluding steroid dienone is 2. The van der Waals surface area contributed by atoms with Crippen LogP contribution in [0.1, 0.15) is 73.6 Å². The van der Waals surface area contributed by atoms with Crippen molar-refractivity contribution in [1.29, 1.82) is 0 Å². The average molecular weight is 820 g/mol. The fourth-order valence-electron chi connectivity index (χ4n) is 9.14. The maximum absolute atomic E-state index is 13.9. The van der Waals surface area contributed by atoms with E-state index in [1.807, 2.05) is 6.92 Å². The van der Waals surface area contributed by atoms with E-state index in [1.54, 1.807) is 54.0 Å². The van der Waals surface area contributed by atoms with Crippen LogP contribution in [-0.4, -0.2) is 172 Å². The van der Waals surface area contributed by atoms with Crippen LogP contribution in [0, 0.1) is 29.6 Å².